The minimum atomic E-state index is -1.44. The SMILES string of the molecule is NCCCCC(N)C(=O)NC(CO)C(=O)NC(CC(N)=O)C(=O)N1CCCC1C(=O)O. The number of aliphatic hydroxyl groups is 1. The van der Waals surface area contributed by atoms with E-state index in [-0.39, 0.29) is 13.0 Å². The summed E-state index contributed by atoms with van der Waals surface area (Å²) in [7, 11) is 0. The second-order valence-corrected chi connectivity index (χ2v) is 7.39. The van der Waals surface area contributed by atoms with Crippen molar-refractivity contribution >= 4 is 29.6 Å². The average molecular weight is 444 g/mol. The Labute approximate surface area is 179 Å². The van der Waals surface area contributed by atoms with Gasteiger partial charge >= 0.3 is 5.97 Å². The summed E-state index contributed by atoms with van der Waals surface area (Å²) in [6.45, 7) is -0.185. The minimum absolute atomic E-state index is 0.152. The molecule has 0 aromatic rings. The Morgan fingerprint density at radius 3 is 2.26 bits per heavy atom. The lowest BCUT2D eigenvalue weighted by Gasteiger charge is -2.28. The molecule has 0 aromatic heterocycles. The summed E-state index contributed by atoms with van der Waals surface area (Å²) in [5.74, 6) is -4.47. The van der Waals surface area contributed by atoms with Crippen molar-refractivity contribution in [2.75, 3.05) is 19.7 Å². The van der Waals surface area contributed by atoms with Gasteiger partial charge in [0.05, 0.1) is 19.1 Å². The lowest BCUT2D eigenvalue weighted by molar-refractivity contribution is -0.149. The predicted molar refractivity (Wildman–Crippen MR) is 108 cm³/mol. The molecule has 1 fully saturated rings. The van der Waals surface area contributed by atoms with Gasteiger partial charge in [-0.15, -0.1) is 0 Å². The molecule has 1 heterocycles. The molecule has 4 atom stereocenters. The first-order valence-corrected chi connectivity index (χ1v) is 10.1. The number of rotatable bonds is 13. The molecule has 176 valence electrons. The van der Waals surface area contributed by atoms with E-state index in [1.165, 1.54) is 0 Å². The number of aliphatic carboxylic acids is 1. The number of unbranched alkanes of at least 4 members (excludes halogenated alkanes) is 1. The van der Waals surface area contributed by atoms with Gasteiger partial charge in [0.25, 0.3) is 0 Å². The Bertz CT molecular complexity index is 674. The standard InChI is InChI=1S/C18H32N6O7/c19-6-2-1-4-10(20)15(27)23-12(9-25)16(28)22-11(8-14(21)26)17(29)24-7-3-5-13(24)18(30)31/h10-13,25H,1-9,19-20H2,(H2,21,26)(H,22,28)(H,23,27)(H,30,31). The van der Waals surface area contributed by atoms with E-state index in [2.05, 4.69) is 10.6 Å². The van der Waals surface area contributed by atoms with Crippen molar-refractivity contribution in [1.29, 1.82) is 0 Å². The number of hydrogen-bond donors (Lipinski definition) is 7. The first-order chi connectivity index (χ1) is 14.6. The number of primary amides is 1. The highest BCUT2D eigenvalue weighted by Gasteiger charge is 2.38. The smallest absolute Gasteiger partial charge is 0.326 e. The molecule has 13 nitrogen and oxygen atoms in total. The molecule has 4 unspecified atom stereocenters. The van der Waals surface area contributed by atoms with Crippen LogP contribution in [0, 0.1) is 0 Å². The van der Waals surface area contributed by atoms with Crippen LogP contribution in [0.2, 0.25) is 0 Å². The monoisotopic (exact) mass is 444 g/mol. The summed E-state index contributed by atoms with van der Waals surface area (Å²) in [6.07, 6.45) is 1.74. The molecule has 1 saturated heterocycles. The summed E-state index contributed by atoms with van der Waals surface area (Å²) in [4.78, 5) is 61.3. The van der Waals surface area contributed by atoms with Gasteiger partial charge in [-0.2, -0.15) is 0 Å². The molecule has 0 spiro atoms. The van der Waals surface area contributed by atoms with Gasteiger partial charge in [0.15, 0.2) is 0 Å². The van der Waals surface area contributed by atoms with Gasteiger partial charge in [-0.3, -0.25) is 19.2 Å². The number of nitrogens with one attached hydrogen (secondary N) is 2. The van der Waals surface area contributed by atoms with Crippen LogP contribution in [0.4, 0.5) is 0 Å². The maximum Gasteiger partial charge on any atom is 0.326 e. The van der Waals surface area contributed by atoms with E-state index in [9.17, 15) is 34.2 Å². The zero-order chi connectivity index (χ0) is 23.6. The van der Waals surface area contributed by atoms with Gasteiger partial charge in [-0.1, -0.05) is 6.42 Å². The summed E-state index contributed by atoms with van der Waals surface area (Å²) in [5, 5.41) is 23.3. The van der Waals surface area contributed by atoms with Gasteiger partial charge < -0.3 is 42.9 Å². The zero-order valence-corrected chi connectivity index (χ0v) is 17.3. The van der Waals surface area contributed by atoms with Crippen molar-refractivity contribution in [3.63, 3.8) is 0 Å². The highest BCUT2D eigenvalue weighted by Crippen LogP contribution is 2.19. The fraction of sp³-hybridized carbons (Fsp3) is 0.722. The molecular formula is C18H32N6O7. The maximum absolute atomic E-state index is 12.8. The molecular weight excluding hydrogens is 412 g/mol. The van der Waals surface area contributed by atoms with E-state index < -0.39 is 66.8 Å². The number of hydrogen-bond acceptors (Lipinski definition) is 8. The van der Waals surface area contributed by atoms with Crippen molar-refractivity contribution in [3.8, 4) is 0 Å². The quantitative estimate of drug-likeness (QED) is 0.139. The number of aliphatic hydroxyl groups excluding tert-OH is 1. The maximum atomic E-state index is 12.8. The normalized spacial score (nSPS) is 18.7. The Balaban J connectivity index is 2.82. The first-order valence-electron chi connectivity index (χ1n) is 10.1. The molecule has 0 bridgehead atoms. The third-order valence-electron chi connectivity index (χ3n) is 4.96. The van der Waals surface area contributed by atoms with Crippen LogP contribution < -0.4 is 27.8 Å². The predicted octanol–water partition coefficient (Wildman–Crippen LogP) is -3.64. The van der Waals surface area contributed by atoms with Crippen molar-refractivity contribution in [3.05, 3.63) is 0 Å². The number of carboxylic acid groups (broad SMARTS) is 1. The Hall–Kier alpha value is -2.77. The zero-order valence-electron chi connectivity index (χ0n) is 17.3. The number of amides is 4. The average Bonchev–Trinajstić information content (AvgIpc) is 3.20. The third kappa shape index (κ3) is 8.11. The van der Waals surface area contributed by atoms with Gasteiger partial charge in [-0.05, 0) is 32.2 Å². The number of carbonyl (C=O) groups excluding carboxylic acids is 4. The summed E-state index contributed by atoms with van der Waals surface area (Å²) < 4.78 is 0. The van der Waals surface area contributed by atoms with Crippen LogP contribution in [-0.2, 0) is 24.0 Å². The van der Waals surface area contributed by atoms with Crippen LogP contribution in [0.5, 0.6) is 0 Å². The second-order valence-electron chi connectivity index (χ2n) is 7.39. The van der Waals surface area contributed by atoms with E-state index in [0.717, 1.165) is 4.90 Å². The van der Waals surface area contributed by atoms with Gasteiger partial charge in [0.2, 0.25) is 23.6 Å². The van der Waals surface area contributed by atoms with Crippen molar-refractivity contribution in [2.24, 2.45) is 17.2 Å². The fourth-order valence-corrected chi connectivity index (χ4v) is 3.27. The molecule has 1 aliphatic heterocycles. The molecule has 1 rings (SSSR count). The van der Waals surface area contributed by atoms with E-state index in [1.54, 1.807) is 0 Å². The third-order valence-corrected chi connectivity index (χ3v) is 4.96. The largest absolute Gasteiger partial charge is 0.480 e. The topological polar surface area (TPSA) is 231 Å². The Kier molecular flexibility index (Phi) is 10.9. The molecule has 1 aliphatic rings. The van der Waals surface area contributed by atoms with Crippen molar-refractivity contribution in [1.82, 2.24) is 15.5 Å². The molecule has 10 N–H and O–H groups in total. The number of likely N-dealkylation sites (tertiary alicyclic amines) is 1. The highest BCUT2D eigenvalue weighted by atomic mass is 16.4. The lowest BCUT2D eigenvalue weighted by Crippen LogP contribution is -2.58. The number of carbonyl (C=O) groups is 5. The highest BCUT2D eigenvalue weighted by molar-refractivity contribution is 5.96. The van der Waals surface area contributed by atoms with Crippen LogP contribution in [0.15, 0.2) is 0 Å². The number of nitrogens with zero attached hydrogens (tertiary/aromatic N) is 1. The molecule has 0 aliphatic carbocycles. The molecule has 0 radical (unpaired) electrons. The Morgan fingerprint density at radius 2 is 1.71 bits per heavy atom. The first kappa shape index (κ1) is 26.3. The molecule has 31 heavy (non-hydrogen) atoms. The molecule has 13 heteroatoms. The van der Waals surface area contributed by atoms with Gasteiger partial charge in [0.1, 0.15) is 18.1 Å². The second kappa shape index (κ2) is 12.8. The number of nitrogens with two attached hydrogens (primary N) is 3. The van der Waals surface area contributed by atoms with E-state index >= 15 is 0 Å². The minimum Gasteiger partial charge on any atom is -0.480 e. The summed E-state index contributed by atoms with van der Waals surface area (Å²) in [6, 6.07) is -4.85. The van der Waals surface area contributed by atoms with E-state index in [0.29, 0.717) is 32.2 Å². The molecule has 0 saturated carbocycles. The van der Waals surface area contributed by atoms with Gasteiger partial charge in [-0.25, -0.2) is 4.79 Å². The molecule has 4 amide bonds. The van der Waals surface area contributed by atoms with Crippen LogP contribution in [0.3, 0.4) is 0 Å². The van der Waals surface area contributed by atoms with Crippen LogP contribution in [0.1, 0.15) is 38.5 Å². The van der Waals surface area contributed by atoms with Crippen molar-refractivity contribution < 1.29 is 34.2 Å². The van der Waals surface area contributed by atoms with Gasteiger partial charge in [0, 0.05) is 6.54 Å². The Morgan fingerprint density at radius 1 is 1.06 bits per heavy atom. The fourth-order valence-electron chi connectivity index (χ4n) is 3.27. The van der Waals surface area contributed by atoms with E-state index in [4.69, 9.17) is 17.2 Å². The van der Waals surface area contributed by atoms with E-state index in [1.807, 2.05) is 0 Å². The molecule has 0 aromatic carbocycles. The summed E-state index contributed by atoms with van der Waals surface area (Å²) >= 11 is 0. The summed E-state index contributed by atoms with van der Waals surface area (Å²) in [5.41, 5.74) is 16.3. The van der Waals surface area contributed by atoms with Crippen molar-refractivity contribution in [2.45, 2.75) is 62.7 Å². The number of carboxylic acids is 1. The van der Waals surface area contributed by atoms with Crippen LogP contribution in [0.25, 0.3) is 0 Å². The van der Waals surface area contributed by atoms with Crippen LogP contribution in [-0.4, -0.2) is 88.6 Å². The van der Waals surface area contributed by atoms with Crippen LogP contribution >= 0.6 is 0 Å². The lowest BCUT2D eigenvalue weighted by atomic mass is 10.1.